The second-order valence-electron chi connectivity index (χ2n) is 5.23. The summed E-state index contributed by atoms with van der Waals surface area (Å²) in [4.78, 5) is 12.3. The van der Waals surface area contributed by atoms with Crippen molar-refractivity contribution in [3.63, 3.8) is 0 Å². The van der Waals surface area contributed by atoms with Crippen molar-refractivity contribution in [3.05, 3.63) is 0 Å². The highest BCUT2D eigenvalue weighted by Gasteiger charge is 2.33. The van der Waals surface area contributed by atoms with E-state index in [1.807, 2.05) is 0 Å². The van der Waals surface area contributed by atoms with Crippen LogP contribution in [0.3, 0.4) is 0 Å². The molecule has 2 heteroatoms. The number of ketones is 1. The lowest BCUT2D eigenvalue weighted by Gasteiger charge is -2.20. The molecule has 2 unspecified atom stereocenters. The molecular formula is C13H23NO. The molecule has 2 rings (SSSR count). The highest BCUT2D eigenvalue weighted by molar-refractivity contribution is 5.84. The van der Waals surface area contributed by atoms with Gasteiger partial charge in [0.1, 0.15) is 5.78 Å². The molecule has 2 fully saturated rings. The second-order valence-corrected chi connectivity index (χ2v) is 5.23. The first-order chi connectivity index (χ1) is 7.29. The van der Waals surface area contributed by atoms with Crippen LogP contribution in [-0.2, 0) is 4.79 Å². The van der Waals surface area contributed by atoms with Crippen molar-refractivity contribution in [1.82, 2.24) is 5.32 Å². The van der Waals surface area contributed by atoms with Crippen LogP contribution in [0.15, 0.2) is 0 Å². The van der Waals surface area contributed by atoms with Crippen molar-refractivity contribution in [2.75, 3.05) is 6.54 Å². The lowest BCUT2D eigenvalue weighted by molar-refractivity contribution is -0.127. The molecule has 0 aromatic heterocycles. The maximum absolute atomic E-state index is 12.3. The topological polar surface area (TPSA) is 29.1 Å². The van der Waals surface area contributed by atoms with Crippen LogP contribution in [0.5, 0.6) is 0 Å². The van der Waals surface area contributed by atoms with Gasteiger partial charge in [-0.05, 0) is 32.7 Å². The number of rotatable bonds is 2. The molecule has 1 aliphatic heterocycles. The molecule has 0 aromatic rings. The molecule has 86 valence electrons. The van der Waals surface area contributed by atoms with Crippen LogP contribution in [0, 0.1) is 11.8 Å². The van der Waals surface area contributed by atoms with E-state index < -0.39 is 0 Å². The average Bonchev–Trinajstić information content (AvgIpc) is 2.53. The molecule has 15 heavy (non-hydrogen) atoms. The summed E-state index contributed by atoms with van der Waals surface area (Å²) in [6, 6.07) is 0.417. The summed E-state index contributed by atoms with van der Waals surface area (Å²) in [5.41, 5.74) is 0. The minimum absolute atomic E-state index is 0.313. The Bertz CT molecular complexity index is 219. The van der Waals surface area contributed by atoms with Gasteiger partial charge in [0.25, 0.3) is 0 Å². The quantitative estimate of drug-likeness (QED) is 0.708. The van der Waals surface area contributed by atoms with E-state index in [0.717, 1.165) is 25.8 Å². The van der Waals surface area contributed by atoms with E-state index in [-0.39, 0.29) is 0 Å². The van der Waals surface area contributed by atoms with Gasteiger partial charge in [0.05, 0.1) is 0 Å². The summed E-state index contributed by atoms with van der Waals surface area (Å²) in [6.07, 6.45) is 8.58. The van der Waals surface area contributed by atoms with E-state index in [1.54, 1.807) is 0 Å². The number of Topliss-reactive ketones (excluding diaryl/α,β-unsaturated/α-hetero) is 1. The minimum Gasteiger partial charge on any atom is -0.314 e. The van der Waals surface area contributed by atoms with E-state index in [4.69, 9.17) is 0 Å². The van der Waals surface area contributed by atoms with Crippen molar-refractivity contribution < 1.29 is 4.79 Å². The first-order valence-electron chi connectivity index (χ1n) is 6.56. The van der Waals surface area contributed by atoms with Gasteiger partial charge in [0.15, 0.2) is 0 Å². The number of hydrogen-bond donors (Lipinski definition) is 1. The van der Waals surface area contributed by atoms with E-state index in [9.17, 15) is 4.79 Å². The Morgan fingerprint density at radius 2 is 1.73 bits per heavy atom. The summed E-state index contributed by atoms with van der Waals surface area (Å²) in [5, 5.41) is 3.38. The van der Waals surface area contributed by atoms with Gasteiger partial charge in [-0.1, -0.05) is 25.7 Å². The van der Waals surface area contributed by atoms with Crippen LogP contribution in [-0.4, -0.2) is 18.4 Å². The molecule has 1 heterocycles. The second kappa shape index (κ2) is 5.11. The van der Waals surface area contributed by atoms with Gasteiger partial charge >= 0.3 is 0 Å². The number of carbonyl (C=O) groups is 1. The molecule has 0 aromatic carbocycles. The highest BCUT2D eigenvalue weighted by Crippen LogP contribution is 2.29. The van der Waals surface area contributed by atoms with Crippen LogP contribution in [0.1, 0.15) is 51.9 Å². The highest BCUT2D eigenvalue weighted by atomic mass is 16.1. The molecule has 2 nitrogen and oxygen atoms in total. The van der Waals surface area contributed by atoms with Gasteiger partial charge in [-0.2, -0.15) is 0 Å². The molecule has 0 amide bonds. The summed E-state index contributed by atoms with van der Waals surface area (Å²) >= 11 is 0. The molecule has 2 atom stereocenters. The summed E-state index contributed by atoms with van der Waals surface area (Å²) in [6.45, 7) is 3.19. The molecule has 0 bridgehead atoms. The van der Waals surface area contributed by atoms with Gasteiger partial charge in [-0.25, -0.2) is 0 Å². The third kappa shape index (κ3) is 2.60. The maximum atomic E-state index is 12.3. The summed E-state index contributed by atoms with van der Waals surface area (Å²) in [5.74, 6) is 1.27. The molecule has 1 N–H and O–H groups in total. The largest absolute Gasteiger partial charge is 0.314 e. The molecule has 0 radical (unpaired) electrons. The number of carbonyl (C=O) groups excluding carboxylic acids is 1. The molecular weight excluding hydrogens is 186 g/mol. The fraction of sp³-hybridized carbons (Fsp3) is 0.923. The minimum atomic E-state index is 0.313. The van der Waals surface area contributed by atoms with Crippen LogP contribution >= 0.6 is 0 Å². The number of nitrogens with one attached hydrogen (secondary N) is 1. The lowest BCUT2D eigenvalue weighted by Crippen LogP contribution is -2.32. The van der Waals surface area contributed by atoms with E-state index in [1.165, 1.54) is 25.7 Å². The SMILES string of the molecule is CC1NCCC1C(=O)C1CCCCCC1. The van der Waals surface area contributed by atoms with Crippen molar-refractivity contribution in [1.29, 1.82) is 0 Å². The summed E-state index contributed by atoms with van der Waals surface area (Å²) in [7, 11) is 0. The predicted octanol–water partition coefficient (Wildman–Crippen LogP) is 2.52. The smallest absolute Gasteiger partial charge is 0.140 e. The molecule has 1 saturated carbocycles. The van der Waals surface area contributed by atoms with E-state index in [2.05, 4.69) is 12.2 Å². The first-order valence-corrected chi connectivity index (χ1v) is 6.56. The van der Waals surface area contributed by atoms with Gasteiger partial charge < -0.3 is 5.32 Å². The van der Waals surface area contributed by atoms with Crippen LogP contribution in [0.2, 0.25) is 0 Å². The molecule has 1 saturated heterocycles. The normalized spacial score (nSPS) is 33.9. The van der Waals surface area contributed by atoms with Crippen molar-refractivity contribution in [2.24, 2.45) is 11.8 Å². The third-order valence-electron chi connectivity index (χ3n) is 4.15. The standard InChI is InChI=1S/C13H23NO/c1-10-12(8-9-14-10)13(15)11-6-4-2-3-5-7-11/h10-12,14H,2-9H2,1H3. The Labute approximate surface area is 92.8 Å². The van der Waals surface area contributed by atoms with Crippen molar-refractivity contribution in [2.45, 2.75) is 57.9 Å². The van der Waals surface area contributed by atoms with Gasteiger partial charge in [0, 0.05) is 17.9 Å². The Morgan fingerprint density at radius 1 is 1.07 bits per heavy atom. The zero-order chi connectivity index (χ0) is 10.7. The number of hydrogen-bond acceptors (Lipinski definition) is 2. The van der Waals surface area contributed by atoms with Crippen molar-refractivity contribution in [3.8, 4) is 0 Å². The van der Waals surface area contributed by atoms with Gasteiger partial charge in [0.2, 0.25) is 0 Å². The molecule has 0 spiro atoms. The zero-order valence-electron chi connectivity index (χ0n) is 9.80. The molecule has 2 aliphatic rings. The first kappa shape index (κ1) is 11.1. The average molecular weight is 209 g/mol. The Hall–Kier alpha value is -0.370. The zero-order valence-corrected chi connectivity index (χ0v) is 9.80. The van der Waals surface area contributed by atoms with Gasteiger partial charge in [-0.3, -0.25) is 4.79 Å². The van der Waals surface area contributed by atoms with Crippen LogP contribution in [0.25, 0.3) is 0 Å². The van der Waals surface area contributed by atoms with E-state index in [0.29, 0.717) is 23.7 Å². The van der Waals surface area contributed by atoms with Crippen LogP contribution in [0.4, 0.5) is 0 Å². The van der Waals surface area contributed by atoms with Gasteiger partial charge in [-0.15, -0.1) is 0 Å². The Morgan fingerprint density at radius 3 is 2.27 bits per heavy atom. The Kier molecular flexibility index (Phi) is 3.79. The molecule has 1 aliphatic carbocycles. The van der Waals surface area contributed by atoms with Crippen molar-refractivity contribution >= 4 is 5.78 Å². The predicted molar refractivity (Wildman–Crippen MR) is 61.8 cm³/mol. The fourth-order valence-electron chi connectivity index (χ4n) is 3.11. The summed E-state index contributed by atoms with van der Waals surface area (Å²) < 4.78 is 0. The lowest BCUT2D eigenvalue weighted by atomic mass is 9.84. The fourth-order valence-corrected chi connectivity index (χ4v) is 3.11. The third-order valence-corrected chi connectivity index (χ3v) is 4.15. The van der Waals surface area contributed by atoms with E-state index >= 15 is 0 Å². The Balaban J connectivity index is 1.93. The monoisotopic (exact) mass is 209 g/mol. The maximum Gasteiger partial charge on any atom is 0.140 e. The van der Waals surface area contributed by atoms with Crippen LogP contribution < -0.4 is 5.32 Å².